The molecule has 0 saturated carbocycles. The fourth-order valence-corrected chi connectivity index (χ4v) is 1.26. The molecule has 0 aliphatic carbocycles. The van der Waals surface area contributed by atoms with Gasteiger partial charge in [-0.05, 0) is 20.8 Å². The van der Waals surface area contributed by atoms with Crippen LogP contribution in [-0.4, -0.2) is 29.6 Å². The van der Waals surface area contributed by atoms with E-state index in [2.05, 4.69) is 16.6 Å². The van der Waals surface area contributed by atoms with E-state index >= 15 is 0 Å². The molecule has 0 aliphatic rings. The second-order valence-corrected chi connectivity index (χ2v) is 4.99. The molecule has 0 heterocycles. The zero-order chi connectivity index (χ0) is 11.0. The highest BCUT2D eigenvalue weighted by Gasteiger charge is 2.12. The van der Waals surface area contributed by atoms with Crippen LogP contribution < -0.4 is 10.6 Å². The third-order valence-corrected chi connectivity index (χ3v) is 2.07. The predicted molar refractivity (Wildman–Crippen MR) is 62.4 cm³/mol. The van der Waals surface area contributed by atoms with Gasteiger partial charge in [-0.25, -0.2) is 4.79 Å². The summed E-state index contributed by atoms with van der Waals surface area (Å²) in [6, 6.07) is -0.126. The van der Waals surface area contributed by atoms with Crippen LogP contribution in [0.1, 0.15) is 20.8 Å². The SMILES string of the molecule is C#CCSCCNC(=O)NC(C)(C)C. The summed E-state index contributed by atoms with van der Waals surface area (Å²) in [4.78, 5) is 11.2. The molecule has 3 nitrogen and oxygen atoms in total. The van der Waals surface area contributed by atoms with Crippen LogP contribution in [0, 0.1) is 12.3 Å². The smallest absolute Gasteiger partial charge is 0.315 e. The fraction of sp³-hybridized carbons (Fsp3) is 0.700. The first-order chi connectivity index (χ1) is 6.45. The molecule has 2 N–H and O–H groups in total. The minimum atomic E-state index is -0.184. The maximum absolute atomic E-state index is 11.2. The Balaban J connectivity index is 3.42. The molecule has 0 aromatic carbocycles. The van der Waals surface area contributed by atoms with Gasteiger partial charge < -0.3 is 10.6 Å². The van der Waals surface area contributed by atoms with Gasteiger partial charge in [0.25, 0.3) is 0 Å². The summed E-state index contributed by atoms with van der Waals surface area (Å²) < 4.78 is 0. The van der Waals surface area contributed by atoms with E-state index in [9.17, 15) is 4.79 Å². The van der Waals surface area contributed by atoms with Crippen LogP contribution >= 0.6 is 11.8 Å². The van der Waals surface area contributed by atoms with Gasteiger partial charge in [-0.15, -0.1) is 18.2 Å². The number of rotatable bonds is 4. The molecular weight excluding hydrogens is 196 g/mol. The number of carbonyl (C=O) groups is 1. The van der Waals surface area contributed by atoms with Gasteiger partial charge in [-0.3, -0.25) is 0 Å². The highest BCUT2D eigenvalue weighted by Crippen LogP contribution is 1.98. The van der Waals surface area contributed by atoms with E-state index < -0.39 is 0 Å². The van der Waals surface area contributed by atoms with E-state index in [4.69, 9.17) is 6.42 Å². The highest BCUT2D eigenvalue weighted by atomic mass is 32.2. The first kappa shape index (κ1) is 13.2. The normalized spacial score (nSPS) is 10.4. The molecule has 0 bridgehead atoms. The number of carbonyl (C=O) groups excluding carboxylic acids is 1. The van der Waals surface area contributed by atoms with Crippen LogP contribution in [-0.2, 0) is 0 Å². The molecule has 0 aliphatic heterocycles. The molecule has 0 rings (SSSR count). The number of hydrogen-bond acceptors (Lipinski definition) is 2. The largest absolute Gasteiger partial charge is 0.337 e. The zero-order valence-corrected chi connectivity index (χ0v) is 9.83. The van der Waals surface area contributed by atoms with Crippen LogP contribution in [0.25, 0.3) is 0 Å². The van der Waals surface area contributed by atoms with Crippen molar-refractivity contribution in [1.82, 2.24) is 10.6 Å². The lowest BCUT2D eigenvalue weighted by molar-refractivity contribution is 0.232. The number of terminal acetylenes is 1. The Morgan fingerprint density at radius 1 is 1.50 bits per heavy atom. The summed E-state index contributed by atoms with van der Waals surface area (Å²) in [7, 11) is 0. The molecule has 0 atom stereocenters. The van der Waals surface area contributed by atoms with Gasteiger partial charge >= 0.3 is 6.03 Å². The predicted octanol–water partition coefficient (Wildman–Crippen LogP) is 1.45. The second-order valence-electron chi connectivity index (χ2n) is 3.89. The van der Waals surface area contributed by atoms with Crippen LogP contribution in [0.2, 0.25) is 0 Å². The van der Waals surface area contributed by atoms with Gasteiger partial charge in [-0.1, -0.05) is 5.92 Å². The molecule has 14 heavy (non-hydrogen) atoms. The van der Waals surface area contributed by atoms with Crippen LogP contribution in [0.4, 0.5) is 4.79 Å². The Morgan fingerprint density at radius 3 is 2.64 bits per heavy atom. The monoisotopic (exact) mass is 214 g/mol. The topological polar surface area (TPSA) is 41.1 Å². The number of urea groups is 1. The Labute approximate surface area is 90.4 Å². The van der Waals surface area contributed by atoms with Crippen LogP contribution in [0.3, 0.4) is 0 Å². The highest BCUT2D eigenvalue weighted by molar-refractivity contribution is 7.99. The second kappa shape index (κ2) is 6.61. The summed E-state index contributed by atoms with van der Waals surface area (Å²) in [5.41, 5.74) is -0.184. The Hall–Kier alpha value is -0.820. The van der Waals surface area contributed by atoms with Crippen molar-refractivity contribution in [3.8, 4) is 12.3 Å². The summed E-state index contributed by atoms with van der Waals surface area (Å²) >= 11 is 1.63. The number of hydrogen-bond donors (Lipinski definition) is 2. The van der Waals surface area contributed by atoms with E-state index in [0.29, 0.717) is 12.3 Å². The Kier molecular flexibility index (Phi) is 6.22. The van der Waals surface area contributed by atoms with Crippen molar-refractivity contribution in [3.05, 3.63) is 0 Å². The molecule has 0 fully saturated rings. The molecule has 0 aromatic rings. The lowest BCUT2D eigenvalue weighted by Gasteiger charge is -2.20. The van der Waals surface area contributed by atoms with Crippen LogP contribution in [0.15, 0.2) is 0 Å². The van der Waals surface area contributed by atoms with E-state index in [-0.39, 0.29) is 11.6 Å². The standard InChI is InChI=1S/C10H18N2OS/c1-5-7-14-8-6-11-9(13)12-10(2,3)4/h1H,6-8H2,2-4H3,(H2,11,12,13). The summed E-state index contributed by atoms with van der Waals surface area (Å²) in [6.45, 7) is 6.48. The molecule has 0 spiro atoms. The molecular formula is C10H18N2OS. The quantitative estimate of drug-likeness (QED) is 0.549. The van der Waals surface area contributed by atoms with Gasteiger partial charge in [-0.2, -0.15) is 0 Å². The van der Waals surface area contributed by atoms with Crippen molar-refractivity contribution < 1.29 is 4.79 Å². The number of amides is 2. The van der Waals surface area contributed by atoms with Crippen LogP contribution in [0.5, 0.6) is 0 Å². The van der Waals surface area contributed by atoms with E-state index in [1.54, 1.807) is 11.8 Å². The first-order valence-electron chi connectivity index (χ1n) is 4.53. The van der Waals surface area contributed by atoms with Gasteiger partial charge in [0.05, 0.1) is 5.75 Å². The molecule has 4 heteroatoms. The minimum Gasteiger partial charge on any atom is -0.337 e. The van der Waals surface area contributed by atoms with Crippen molar-refractivity contribution in [2.75, 3.05) is 18.1 Å². The zero-order valence-electron chi connectivity index (χ0n) is 9.02. The van der Waals surface area contributed by atoms with Crippen molar-refractivity contribution in [2.24, 2.45) is 0 Å². The van der Waals surface area contributed by atoms with E-state index in [0.717, 1.165) is 5.75 Å². The Morgan fingerprint density at radius 2 is 2.14 bits per heavy atom. The van der Waals surface area contributed by atoms with Gasteiger partial charge in [0.1, 0.15) is 0 Å². The average molecular weight is 214 g/mol. The van der Waals surface area contributed by atoms with E-state index in [1.165, 1.54) is 0 Å². The average Bonchev–Trinajstić information content (AvgIpc) is 2.00. The van der Waals surface area contributed by atoms with Gasteiger partial charge in [0.15, 0.2) is 0 Å². The molecule has 2 amide bonds. The van der Waals surface area contributed by atoms with Gasteiger partial charge in [0, 0.05) is 17.8 Å². The van der Waals surface area contributed by atoms with E-state index in [1.807, 2.05) is 20.8 Å². The molecule has 0 radical (unpaired) electrons. The lowest BCUT2D eigenvalue weighted by Crippen LogP contribution is -2.46. The number of thioether (sulfide) groups is 1. The third-order valence-electron chi connectivity index (χ3n) is 1.21. The minimum absolute atomic E-state index is 0.126. The maximum Gasteiger partial charge on any atom is 0.315 e. The van der Waals surface area contributed by atoms with Crippen molar-refractivity contribution >= 4 is 17.8 Å². The first-order valence-corrected chi connectivity index (χ1v) is 5.68. The summed E-state index contributed by atoms with van der Waals surface area (Å²) in [6.07, 6.45) is 5.08. The molecule has 80 valence electrons. The summed E-state index contributed by atoms with van der Waals surface area (Å²) in [5.74, 6) is 4.07. The Bertz CT molecular complexity index is 215. The van der Waals surface area contributed by atoms with Gasteiger partial charge in [0.2, 0.25) is 0 Å². The lowest BCUT2D eigenvalue weighted by atomic mass is 10.1. The summed E-state index contributed by atoms with van der Waals surface area (Å²) in [5, 5.41) is 5.57. The number of nitrogens with one attached hydrogen (secondary N) is 2. The van der Waals surface area contributed by atoms with Crippen molar-refractivity contribution in [1.29, 1.82) is 0 Å². The third kappa shape index (κ3) is 9.27. The molecule has 0 aromatic heterocycles. The molecule has 0 saturated heterocycles. The molecule has 0 unspecified atom stereocenters. The fourth-order valence-electron chi connectivity index (χ4n) is 0.753. The van der Waals surface area contributed by atoms with Crippen molar-refractivity contribution in [2.45, 2.75) is 26.3 Å². The van der Waals surface area contributed by atoms with Crippen molar-refractivity contribution in [3.63, 3.8) is 0 Å². The maximum atomic E-state index is 11.2.